The number of carbonyl (C=O) groups is 1. The molecule has 3 heterocycles. The first kappa shape index (κ1) is 15.4. The van der Waals surface area contributed by atoms with Crippen LogP contribution in [0.2, 0.25) is 0 Å². The van der Waals surface area contributed by atoms with Crippen LogP contribution in [0.5, 0.6) is 5.75 Å². The fourth-order valence-electron chi connectivity index (χ4n) is 3.06. The van der Waals surface area contributed by atoms with Gasteiger partial charge in [0.2, 0.25) is 5.95 Å². The number of hydrogen-bond donors (Lipinski definition) is 0. The molecular weight excluding hydrogens is 323 g/mol. The molecule has 2 aromatic heterocycles. The summed E-state index contributed by atoms with van der Waals surface area (Å²) in [6, 6.07) is 10.3. The summed E-state index contributed by atoms with van der Waals surface area (Å²) < 4.78 is 21.3. The van der Waals surface area contributed by atoms with Gasteiger partial charge in [0.25, 0.3) is 0 Å². The molecule has 6 nitrogen and oxygen atoms in total. The molecule has 1 aliphatic rings. The summed E-state index contributed by atoms with van der Waals surface area (Å²) in [5.41, 5.74) is 1.89. The molecule has 1 aliphatic heterocycles. The highest BCUT2D eigenvalue weighted by molar-refractivity contribution is 6.01. The molecule has 2 atom stereocenters. The molecule has 0 saturated heterocycles. The summed E-state index contributed by atoms with van der Waals surface area (Å²) in [5.74, 6) is -0.538. The highest BCUT2D eigenvalue weighted by Crippen LogP contribution is 2.38. The van der Waals surface area contributed by atoms with Gasteiger partial charge in [0, 0.05) is 6.20 Å². The second-order valence-corrected chi connectivity index (χ2v) is 5.97. The Bertz CT molecular complexity index is 969. The number of aromatic nitrogens is 4. The van der Waals surface area contributed by atoms with E-state index in [0.717, 1.165) is 0 Å². The Kier molecular flexibility index (Phi) is 3.56. The van der Waals surface area contributed by atoms with Crippen molar-refractivity contribution in [3.8, 4) is 11.4 Å². The number of rotatable bonds is 2. The lowest BCUT2D eigenvalue weighted by Crippen LogP contribution is -2.30. The molecule has 4 rings (SSSR count). The highest BCUT2D eigenvalue weighted by Gasteiger charge is 2.37. The number of ether oxygens (including phenoxy) is 1. The van der Waals surface area contributed by atoms with Crippen LogP contribution in [0.1, 0.15) is 34.8 Å². The molecule has 0 aliphatic carbocycles. The van der Waals surface area contributed by atoms with Crippen molar-refractivity contribution in [2.45, 2.75) is 20.0 Å². The van der Waals surface area contributed by atoms with E-state index in [9.17, 15) is 9.18 Å². The molecular formula is C18H15FN4O2. The quantitative estimate of drug-likeness (QED) is 0.672. The van der Waals surface area contributed by atoms with E-state index in [1.54, 1.807) is 44.2 Å². The number of carbonyl (C=O) groups excluding carboxylic acids is 1. The van der Waals surface area contributed by atoms with Gasteiger partial charge in [-0.05, 0) is 31.2 Å². The molecule has 0 saturated carbocycles. The Morgan fingerprint density at radius 2 is 2.00 bits per heavy atom. The number of benzene rings is 1. The van der Waals surface area contributed by atoms with E-state index in [1.807, 2.05) is 6.07 Å². The predicted molar refractivity (Wildman–Crippen MR) is 87.2 cm³/mol. The van der Waals surface area contributed by atoms with Crippen LogP contribution < -0.4 is 4.74 Å². The van der Waals surface area contributed by atoms with Gasteiger partial charge in [-0.2, -0.15) is 4.39 Å². The minimum absolute atomic E-state index is 0.00615. The second kappa shape index (κ2) is 5.77. The smallest absolute Gasteiger partial charge is 0.238 e. The Morgan fingerprint density at radius 1 is 1.20 bits per heavy atom. The Labute approximate surface area is 143 Å². The molecule has 25 heavy (non-hydrogen) atoms. The summed E-state index contributed by atoms with van der Waals surface area (Å²) in [6.45, 7) is 3.56. The summed E-state index contributed by atoms with van der Waals surface area (Å²) in [6.07, 6.45) is 0.796. The molecule has 126 valence electrons. The van der Waals surface area contributed by atoms with Crippen LogP contribution in [0.15, 0.2) is 42.6 Å². The number of nitrogens with zero attached hydrogens (tertiary/aromatic N) is 4. The summed E-state index contributed by atoms with van der Waals surface area (Å²) >= 11 is 0. The van der Waals surface area contributed by atoms with E-state index in [4.69, 9.17) is 4.74 Å². The maximum Gasteiger partial charge on any atom is 0.238 e. The van der Waals surface area contributed by atoms with Gasteiger partial charge in [-0.25, -0.2) is 9.67 Å². The molecule has 0 radical (unpaired) electrons. The van der Waals surface area contributed by atoms with E-state index in [0.29, 0.717) is 22.7 Å². The average molecular weight is 338 g/mol. The van der Waals surface area contributed by atoms with Gasteiger partial charge in [0.05, 0.1) is 17.2 Å². The standard InChI is InChI=1S/C18H15FN4O2/c1-10-16(24)12-6-3-4-8-14(12)25-17(10)15-11(2)23(22-21-15)13-7-5-9-20-18(13)19/h3-10,17H,1-2H3/t10-,17?/m0/s1. The third-order valence-electron chi connectivity index (χ3n) is 4.44. The van der Waals surface area contributed by atoms with E-state index >= 15 is 0 Å². The highest BCUT2D eigenvalue weighted by atomic mass is 19.1. The van der Waals surface area contributed by atoms with Gasteiger partial charge in [-0.3, -0.25) is 4.79 Å². The zero-order chi connectivity index (χ0) is 17.6. The number of para-hydroxylation sites is 1. The van der Waals surface area contributed by atoms with E-state index in [-0.39, 0.29) is 11.5 Å². The number of halogens is 1. The first-order valence-corrected chi connectivity index (χ1v) is 7.91. The van der Waals surface area contributed by atoms with Crippen LogP contribution in [0.25, 0.3) is 5.69 Å². The molecule has 0 N–H and O–H groups in total. The average Bonchev–Trinajstić information content (AvgIpc) is 3.00. The summed E-state index contributed by atoms with van der Waals surface area (Å²) in [7, 11) is 0. The van der Waals surface area contributed by atoms with Crippen LogP contribution in [0.3, 0.4) is 0 Å². The van der Waals surface area contributed by atoms with Crippen molar-refractivity contribution in [1.82, 2.24) is 20.0 Å². The SMILES string of the molecule is Cc1c(C2Oc3ccccc3C(=O)[C@@H]2C)nnn1-c1cccnc1F. The fraction of sp³-hybridized carbons (Fsp3) is 0.222. The van der Waals surface area contributed by atoms with Gasteiger partial charge in [-0.15, -0.1) is 5.10 Å². The van der Waals surface area contributed by atoms with Gasteiger partial charge in [-0.1, -0.05) is 24.3 Å². The number of hydrogen-bond acceptors (Lipinski definition) is 5. The minimum Gasteiger partial charge on any atom is -0.482 e. The first-order chi connectivity index (χ1) is 12.1. The van der Waals surface area contributed by atoms with Crippen molar-refractivity contribution >= 4 is 5.78 Å². The van der Waals surface area contributed by atoms with Crippen molar-refractivity contribution in [3.05, 3.63) is 65.5 Å². The Hall–Kier alpha value is -3.09. The van der Waals surface area contributed by atoms with Crippen LogP contribution >= 0.6 is 0 Å². The third kappa shape index (κ3) is 2.39. The van der Waals surface area contributed by atoms with Gasteiger partial charge in [0.15, 0.2) is 11.9 Å². The first-order valence-electron chi connectivity index (χ1n) is 7.91. The van der Waals surface area contributed by atoms with Crippen molar-refractivity contribution in [2.24, 2.45) is 5.92 Å². The monoisotopic (exact) mass is 338 g/mol. The molecule has 0 spiro atoms. The normalized spacial score (nSPS) is 19.4. The molecule has 0 bridgehead atoms. The largest absolute Gasteiger partial charge is 0.482 e. The van der Waals surface area contributed by atoms with Gasteiger partial charge < -0.3 is 4.74 Å². The van der Waals surface area contributed by atoms with Crippen LogP contribution in [0, 0.1) is 18.8 Å². The number of pyridine rings is 1. The lowest BCUT2D eigenvalue weighted by Gasteiger charge is -2.29. The molecule has 3 aromatic rings. The molecule has 0 fully saturated rings. The predicted octanol–water partition coefficient (Wildman–Crippen LogP) is 3.06. The molecule has 1 aromatic carbocycles. The van der Waals surface area contributed by atoms with Gasteiger partial charge in [0.1, 0.15) is 17.1 Å². The van der Waals surface area contributed by atoms with E-state index in [2.05, 4.69) is 15.3 Å². The maximum absolute atomic E-state index is 14.0. The zero-order valence-corrected chi connectivity index (χ0v) is 13.7. The van der Waals surface area contributed by atoms with Crippen LogP contribution in [-0.2, 0) is 0 Å². The Morgan fingerprint density at radius 3 is 2.80 bits per heavy atom. The van der Waals surface area contributed by atoms with Crippen LogP contribution in [0.4, 0.5) is 4.39 Å². The fourth-order valence-corrected chi connectivity index (χ4v) is 3.06. The maximum atomic E-state index is 14.0. The summed E-state index contributed by atoms with van der Waals surface area (Å²) in [4.78, 5) is 16.3. The minimum atomic E-state index is -0.638. The number of fused-ring (bicyclic) bond motifs is 1. The zero-order valence-electron chi connectivity index (χ0n) is 13.7. The lowest BCUT2D eigenvalue weighted by atomic mass is 9.89. The number of Topliss-reactive ketones (excluding diaryl/α,β-unsaturated/α-hetero) is 1. The Balaban J connectivity index is 1.77. The lowest BCUT2D eigenvalue weighted by molar-refractivity contribution is 0.0679. The van der Waals surface area contributed by atoms with E-state index in [1.165, 1.54) is 10.9 Å². The third-order valence-corrected chi connectivity index (χ3v) is 4.44. The molecule has 1 unspecified atom stereocenters. The summed E-state index contributed by atoms with van der Waals surface area (Å²) in [5, 5.41) is 8.19. The topological polar surface area (TPSA) is 69.9 Å². The van der Waals surface area contributed by atoms with Gasteiger partial charge >= 0.3 is 0 Å². The number of ketones is 1. The molecule has 0 amide bonds. The van der Waals surface area contributed by atoms with Crippen molar-refractivity contribution in [1.29, 1.82) is 0 Å². The van der Waals surface area contributed by atoms with Crippen molar-refractivity contribution in [3.63, 3.8) is 0 Å². The van der Waals surface area contributed by atoms with Crippen molar-refractivity contribution < 1.29 is 13.9 Å². The molecule has 7 heteroatoms. The second-order valence-electron chi connectivity index (χ2n) is 5.97. The van der Waals surface area contributed by atoms with E-state index < -0.39 is 18.0 Å². The van der Waals surface area contributed by atoms with Crippen molar-refractivity contribution in [2.75, 3.05) is 0 Å². The van der Waals surface area contributed by atoms with Crippen LogP contribution in [-0.4, -0.2) is 25.8 Å².